The SMILES string of the molecule is CC(C)NC=NC(N)=O.Cl.Cl. The number of nitrogens with one attached hydrogen (secondary N) is 1. The molecule has 0 saturated heterocycles. The van der Waals surface area contributed by atoms with Crippen LogP contribution in [0.25, 0.3) is 0 Å². The normalized spacial score (nSPS) is 8.64. The first-order chi connectivity index (χ1) is 4.13. The van der Waals surface area contributed by atoms with Gasteiger partial charge in [0.2, 0.25) is 0 Å². The second kappa shape index (κ2) is 9.52. The van der Waals surface area contributed by atoms with Crippen LogP contribution in [0.15, 0.2) is 4.99 Å². The molecule has 0 aromatic carbocycles. The van der Waals surface area contributed by atoms with Gasteiger partial charge in [0.1, 0.15) is 0 Å². The fourth-order valence-corrected chi connectivity index (χ4v) is 0.250. The van der Waals surface area contributed by atoms with Crippen LogP contribution < -0.4 is 11.1 Å². The van der Waals surface area contributed by atoms with Crippen LogP contribution in [0.4, 0.5) is 4.79 Å². The summed E-state index contributed by atoms with van der Waals surface area (Å²) in [5.74, 6) is 0. The highest BCUT2D eigenvalue weighted by atomic mass is 35.5. The summed E-state index contributed by atoms with van der Waals surface area (Å²) in [6.07, 6.45) is 1.30. The van der Waals surface area contributed by atoms with Crippen LogP contribution >= 0.6 is 24.8 Å². The van der Waals surface area contributed by atoms with Crippen LogP contribution in [-0.2, 0) is 0 Å². The van der Waals surface area contributed by atoms with Gasteiger partial charge >= 0.3 is 6.03 Å². The van der Waals surface area contributed by atoms with Crippen molar-refractivity contribution in [2.24, 2.45) is 10.7 Å². The van der Waals surface area contributed by atoms with E-state index in [1.165, 1.54) is 6.34 Å². The molecule has 11 heavy (non-hydrogen) atoms. The van der Waals surface area contributed by atoms with E-state index in [1.807, 2.05) is 13.8 Å². The largest absolute Gasteiger partial charge is 0.374 e. The van der Waals surface area contributed by atoms with Gasteiger partial charge in [-0.05, 0) is 13.8 Å². The van der Waals surface area contributed by atoms with Crippen LogP contribution in [0.5, 0.6) is 0 Å². The van der Waals surface area contributed by atoms with Crippen LogP contribution in [0, 0.1) is 0 Å². The Morgan fingerprint density at radius 1 is 1.55 bits per heavy atom. The summed E-state index contributed by atoms with van der Waals surface area (Å²) in [6, 6.07) is -0.392. The molecule has 0 atom stereocenters. The Morgan fingerprint density at radius 2 is 2.00 bits per heavy atom. The van der Waals surface area contributed by atoms with E-state index < -0.39 is 6.03 Å². The van der Waals surface area contributed by atoms with Crippen molar-refractivity contribution in [1.29, 1.82) is 0 Å². The van der Waals surface area contributed by atoms with Crippen LogP contribution in [-0.4, -0.2) is 18.4 Å². The monoisotopic (exact) mass is 201 g/mol. The molecule has 6 heteroatoms. The molecule has 0 heterocycles. The topological polar surface area (TPSA) is 67.5 Å². The number of carbonyl (C=O) groups is 1. The molecule has 0 aromatic heterocycles. The molecular formula is C5H13Cl2N3O. The lowest BCUT2D eigenvalue weighted by Crippen LogP contribution is -2.21. The average molecular weight is 202 g/mol. The van der Waals surface area contributed by atoms with Gasteiger partial charge in [-0.15, -0.1) is 24.8 Å². The van der Waals surface area contributed by atoms with Crippen LogP contribution in [0.2, 0.25) is 0 Å². The van der Waals surface area contributed by atoms with E-state index in [4.69, 9.17) is 5.73 Å². The van der Waals surface area contributed by atoms with Crippen molar-refractivity contribution in [3.63, 3.8) is 0 Å². The van der Waals surface area contributed by atoms with E-state index in [-0.39, 0.29) is 30.9 Å². The van der Waals surface area contributed by atoms with Gasteiger partial charge in [-0.2, -0.15) is 4.99 Å². The lowest BCUT2D eigenvalue weighted by atomic mass is 10.4. The van der Waals surface area contributed by atoms with Crippen LogP contribution in [0.3, 0.4) is 0 Å². The molecule has 0 aliphatic carbocycles. The maximum Gasteiger partial charge on any atom is 0.339 e. The molecule has 4 nitrogen and oxygen atoms in total. The number of aliphatic imine (C=N–C) groups is 1. The number of rotatable bonds is 2. The van der Waals surface area contributed by atoms with E-state index in [2.05, 4.69) is 10.3 Å². The number of nitrogens with two attached hydrogens (primary N) is 1. The lowest BCUT2D eigenvalue weighted by molar-refractivity contribution is 0.257. The Morgan fingerprint density at radius 3 is 2.27 bits per heavy atom. The molecule has 0 aromatic rings. The number of halogens is 2. The second-order valence-corrected chi connectivity index (χ2v) is 1.92. The molecule has 0 unspecified atom stereocenters. The fraction of sp³-hybridized carbons (Fsp3) is 0.600. The Balaban J connectivity index is -0.000000320. The van der Waals surface area contributed by atoms with Gasteiger partial charge < -0.3 is 11.1 Å². The zero-order chi connectivity index (χ0) is 7.28. The molecule has 0 saturated carbocycles. The van der Waals surface area contributed by atoms with Crippen molar-refractivity contribution in [2.45, 2.75) is 19.9 Å². The van der Waals surface area contributed by atoms with Crippen LogP contribution in [0.1, 0.15) is 13.8 Å². The molecular weight excluding hydrogens is 189 g/mol. The number of hydrogen-bond acceptors (Lipinski definition) is 1. The molecule has 0 spiro atoms. The van der Waals surface area contributed by atoms with Crippen molar-refractivity contribution >= 4 is 37.2 Å². The number of nitrogens with zero attached hydrogens (tertiary/aromatic N) is 1. The quantitative estimate of drug-likeness (QED) is 0.516. The Hall–Kier alpha value is -0.480. The number of primary amides is 1. The minimum atomic E-state index is -0.678. The molecule has 2 amide bonds. The van der Waals surface area contributed by atoms with Crippen molar-refractivity contribution in [1.82, 2.24) is 5.32 Å². The summed E-state index contributed by atoms with van der Waals surface area (Å²) in [5, 5.41) is 2.78. The van der Waals surface area contributed by atoms with Gasteiger partial charge in [-0.1, -0.05) is 0 Å². The average Bonchev–Trinajstić information content (AvgIpc) is 1.63. The van der Waals surface area contributed by atoms with Gasteiger partial charge in [-0.3, -0.25) is 0 Å². The Bertz CT molecular complexity index is 127. The maximum absolute atomic E-state index is 9.97. The predicted molar refractivity (Wildman–Crippen MR) is 50.8 cm³/mol. The highest BCUT2D eigenvalue weighted by molar-refractivity contribution is 5.85. The second-order valence-electron chi connectivity index (χ2n) is 1.92. The number of carbonyl (C=O) groups excluding carboxylic acids is 1. The summed E-state index contributed by atoms with van der Waals surface area (Å²) in [5.41, 5.74) is 4.70. The first-order valence-electron chi connectivity index (χ1n) is 2.71. The van der Waals surface area contributed by atoms with Gasteiger partial charge in [0.05, 0.1) is 6.34 Å². The standard InChI is InChI=1S/C5H11N3O.2ClH/c1-4(2)7-3-8-5(6)9;;/h3-4H,1-2H3,(H3,6,7,8,9);2*1H. The zero-order valence-electron chi connectivity index (χ0n) is 6.40. The van der Waals surface area contributed by atoms with Gasteiger partial charge in [0, 0.05) is 6.04 Å². The first kappa shape index (κ1) is 16.9. The third kappa shape index (κ3) is 17.7. The van der Waals surface area contributed by atoms with E-state index in [9.17, 15) is 4.79 Å². The van der Waals surface area contributed by atoms with E-state index >= 15 is 0 Å². The smallest absolute Gasteiger partial charge is 0.339 e. The maximum atomic E-state index is 9.97. The fourth-order valence-electron chi connectivity index (χ4n) is 0.250. The van der Waals surface area contributed by atoms with Crippen molar-refractivity contribution in [3.8, 4) is 0 Å². The van der Waals surface area contributed by atoms with E-state index in [1.54, 1.807) is 0 Å². The third-order valence-corrected chi connectivity index (χ3v) is 0.600. The number of urea groups is 1. The summed E-state index contributed by atoms with van der Waals surface area (Å²) in [4.78, 5) is 13.2. The molecule has 0 bridgehead atoms. The zero-order valence-corrected chi connectivity index (χ0v) is 8.04. The molecule has 0 aliphatic heterocycles. The van der Waals surface area contributed by atoms with Crippen molar-refractivity contribution in [3.05, 3.63) is 0 Å². The lowest BCUT2D eigenvalue weighted by Gasteiger charge is -1.99. The Kier molecular flexibility index (Phi) is 14.6. The highest BCUT2D eigenvalue weighted by Crippen LogP contribution is 1.71. The van der Waals surface area contributed by atoms with E-state index in [0.29, 0.717) is 0 Å². The minimum Gasteiger partial charge on any atom is -0.374 e. The van der Waals surface area contributed by atoms with Crippen molar-refractivity contribution < 1.29 is 4.79 Å². The first-order valence-corrected chi connectivity index (χ1v) is 2.71. The number of hydrogen-bond donors (Lipinski definition) is 2. The summed E-state index contributed by atoms with van der Waals surface area (Å²) in [6.45, 7) is 3.88. The summed E-state index contributed by atoms with van der Waals surface area (Å²) < 4.78 is 0. The molecule has 3 N–H and O–H groups in total. The molecule has 0 radical (unpaired) electrons. The van der Waals surface area contributed by atoms with Gasteiger partial charge in [-0.25, -0.2) is 4.79 Å². The summed E-state index contributed by atoms with van der Waals surface area (Å²) in [7, 11) is 0. The molecule has 0 aliphatic rings. The van der Waals surface area contributed by atoms with E-state index in [0.717, 1.165) is 0 Å². The van der Waals surface area contributed by atoms with Crippen molar-refractivity contribution in [2.75, 3.05) is 0 Å². The molecule has 68 valence electrons. The predicted octanol–water partition coefficient (Wildman–Crippen LogP) is 0.935. The molecule has 0 fully saturated rings. The van der Waals surface area contributed by atoms with Gasteiger partial charge in [0.25, 0.3) is 0 Å². The number of amides is 2. The minimum absolute atomic E-state index is 0. The highest BCUT2D eigenvalue weighted by Gasteiger charge is 1.85. The third-order valence-electron chi connectivity index (χ3n) is 0.600. The Labute approximate surface area is 78.5 Å². The molecule has 0 rings (SSSR count). The van der Waals surface area contributed by atoms with Gasteiger partial charge in [0.15, 0.2) is 0 Å². The summed E-state index contributed by atoms with van der Waals surface area (Å²) >= 11 is 0.